The van der Waals surface area contributed by atoms with Gasteiger partial charge in [-0.3, -0.25) is 4.55 Å². The van der Waals surface area contributed by atoms with Gasteiger partial charge in [0.05, 0.1) is 21.6 Å². The van der Waals surface area contributed by atoms with E-state index in [1.54, 1.807) is 0 Å². The summed E-state index contributed by atoms with van der Waals surface area (Å²) in [4.78, 5) is 0. The van der Waals surface area contributed by atoms with E-state index in [1.807, 2.05) is 0 Å². The molecular formula is C2H5NaO6S2. The first-order chi connectivity index (χ1) is 4.21. The van der Waals surface area contributed by atoms with Gasteiger partial charge in [0.2, 0.25) is 0 Å². The van der Waals surface area contributed by atoms with E-state index in [4.69, 9.17) is 4.55 Å². The molecule has 0 atom stereocenters. The van der Waals surface area contributed by atoms with Crippen molar-refractivity contribution in [2.24, 2.45) is 0 Å². The molecule has 0 aromatic carbocycles. The van der Waals surface area contributed by atoms with Crippen molar-refractivity contribution in [1.29, 1.82) is 0 Å². The summed E-state index contributed by atoms with van der Waals surface area (Å²) in [5.74, 6) is -2.13. The Kier molecular flexibility index (Phi) is 6.20. The molecule has 0 unspecified atom stereocenters. The van der Waals surface area contributed by atoms with Crippen LogP contribution in [0.15, 0.2) is 0 Å². The molecule has 0 amide bonds. The molecule has 1 N–H and O–H groups in total. The number of hydrogen-bond donors (Lipinski definition) is 1. The van der Waals surface area contributed by atoms with Gasteiger partial charge in [0.25, 0.3) is 10.1 Å². The average Bonchev–Trinajstić information content (AvgIpc) is 1.57. The Labute approximate surface area is 86.8 Å². The molecule has 0 radical (unpaired) electrons. The third-order valence-electron chi connectivity index (χ3n) is 0.591. The zero-order valence-corrected chi connectivity index (χ0v) is 9.35. The summed E-state index contributed by atoms with van der Waals surface area (Å²) in [6, 6.07) is 0. The van der Waals surface area contributed by atoms with E-state index in [0.29, 0.717) is 0 Å². The Morgan fingerprint density at radius 3 is 1.55 bits per heavy atom. The van der Waals surface area contributed by atoms with Gasteiger partial charge in [0, 0.05) is 0 Å². The Bertz CT molecular complexity index is 255. The van der Waals surface area contributed by atoms with Gasteiger partial charge in [-0.1, -0.05) is 0 Å². The summed E-state index contributed by atoms with van der Waals surface area (Å²) in [5.41, 5.74) is 0. The minimum Gasteiger partial charge on any atom is -0.748 e. The second kappa shape index (κ2) is 4.75. The van der Waals surface area contributed by atoms with Gasteiger partial charge in [0.15, 0.2) is 0 Å². The Hall–Kier alpha value is 0.820. The van der Waals surface area contributed by atoms with Gasteiger partial charge in [0.1, 0.15) is 0 Å². The van der Waals surface area contributed by atoms with Crippen molar-refractivity contribution >= 4 is 20.2 Å². The minimum atomic E-state index is -4.55. The molecule has 0 spiro atoms. The largest absolute Gasteiger partial charge is 1.00 e. The van der Waals surface area contributed by atoms with Crippen molar-refractivity contribution in [2.45, 2.75) is 0 Å². The van der Waals surface area contributed by atoms with Gasteiger partial charge >= 0.3 is 29.6 Å². The predicted molar refractivity (Wildman–Crippen MR) is 31.0 cm³/mol. The van der Waals surface area contributed by atoms with Crippen molar-refractivity contribution in [3.05, 3.63) is 0 Å². The van der Waals surface area contributed by atoms with Gasteiger partial charge in [-0.25, -0.2) is 8.42 Å². The molecular weight excluding hydrogens is 207 g/mol. The van der Waals surface area contributed by atoms with E-state index in [2.05, 4.69) is 0 Å². The van der Waals surface area contributed by atoms with Crippen LogP contribution in [0.5, 0.6) is 0 Å². The molecule has 0 rings (SSSR count). The normalized spacial score (nSPS) is 12.2. The van der Waals surface area contributed by atoms with Crippen molar-refractivity contribution in [3.63, 3.8) is 0 Å². The molecule has 0 aliphatic carbocycles. The molecule has 0 aliphatic rings. The fraction of sp³-hybridized carbons (Fsp3) is 1.00. The summed E-state index contributed by atoms with van der Waals surface area (Å²) in [6.45, 7) is 0. The van der Waals surface area contributed by atoms with Crippen molar-refractivity contribution in [2.75, 3.05) is 11.5 Å². The van der Waals surface area contributed by atoms with E-state index < -0.39 is 31.7 Å². The zero-order chi connectivity index (χ0) is 8.41. The quantitative estimate of drug-likeness (QED) is 0.372. The summed E-state index contributed by atoms with van der Waals surface area (Å²) < 4.78 is 56.9. The van der Waals surface area contributed by atoms with Crippen LogP contribution < -0.4 is 29.6 Å². The maximum Gasteiger partial charge on any atom is 1.00 e. The van der Waals surface area contributed by atoms with E-state index in [-0.39, 0.29) is 29.6 Å². The van der Waals surface area contributed by atoms with Crippen LogP contribution in [-0.2, 0) is 20.2 Å². The SMILES string of the molecule is O=S(=O)([O-])CCS(=O)(=O)O.[Na+]. The molecule has 62 valence electrons. The van der Waals surface area contributed by atoms with Crippen LogP contribution in [0.25, 0.3) is 0 Å². The van der Waals surface area contributed by atoms with Gasteiger partial charge in [-0.2, -0.15) is 8.42 Å². The Morgan fingerprint density at radius 2 is 1.45 bits per heavy atom. The van der Waals surface area contributed by atoms with Gasteiger partial charge in [-0.05, 0) is 0 Å². The first kappa shape index (κ1) is 14.3. The molecule has 0 aromatic heterocycles. The molecule has 0 bridgehead atoms. The fourth-order valence-electron chi connectivity index (χ4n) is 0.207. The maximum atomic E-state index is 9.83. The minimum absolute atomic E-state index is 0. The van der Waals surface area contributed by atoms with Crippen LogP contribution in [0.1, 0.15) is 0 Å². The molecule has 0 fully saturated rings. The van der Waals surface area contributed by atoms with Gasteiger partial charge < -0.3 is 4.55 Å². The van der Waals surface area contributed by atoms with Crippen LogP contribution in [0, 0.1) is 0 Å². The summed E-state index contributed by atoms with van der Waals surface area (Å²) in [5, 5.41) is 0. The standard InChI is InChI=1S/C2H6O6S2.Na/c3-9(4,5)1-2-10(6,7)8;/h1-2H2,(H,3,4,5)(H,6,7,8);/q;+1/p-1. The summed E-state index contributed by atoms with van der Waals surface area (Å²) in [6.07, 6.45) is 0. The second-order valence-corrected chi connectivity index (χ2v) is 4.64. The van der Waals surface area contributed by atoms with Crippen LogP contribution >= 0.6 is 0 Å². The second-order valence-electron chi connectivity index (χ2n) is 1.55. The summed E-state index contributed by atoms with van der Waals surface area (Å²) >= 11 is 0. The average molecular weight is 212 g/mol. The van der Waals surface area contributed by atoms with Crippen LogP contribution in [-0.4, -0.2) is 37.4 Å². The molecule has 0 saturated heterocycles. The maximum absolute atomic E-state index is 9.83. The van der Waals surface area contributed by atoms with Crippen LogP contribution in [0.3, 0.4) is 0 Å². The third-order valence-corrected chi connectivity index (χ3v) is 2.27. The van der Waals surface area contributed by atoms with E-state index >= 15 is 0 Å². The van der Waals surface area contributed by atoms with Crippen molar-refractivity contribution in [1.82, 2.24) is 0 Å². The topological polar surface area (TPSA) is 112 Å². The monoisotopic (exact) mass is 212 g/mol. The Balaban J connectivity index is 0. The fourth-order valence-corrected chi connectivity index (χ4v) is 1.87. The van der Waals surface area contributed by atoms with E-state index in [0.717, 1.165) is 0 Å². The van der Waals surface area contributed by atoms with Crippen molar-refractivity contribution in [3.8, 4) is 0 Å². The number of rotatable bonds is 3. The number of hydrogen-bond acceptors (Lipinski definition) is 5. The molecule has 9 heteroatoms. The predicted octanol–water partition coefficient (Wildman–Crippen LogP) is -4.58. The molecule has 6 nitrogen and oxygen atoms in total. The van der Waals surface area contributed by atoms with Crippen LogP contribution in [0.4, 0.5) is 0 Å². The summed E-state index contributed by atoms with van der Waals surface area (Å²) in [7, 11) is -8.88. The molecule has 0 aliphatic heterocycles. The first-order valence-electron chi connectivity index (χ1n) is 2.09. The Morgan fingerprint density at radius 1 is 1.09 bits per heavy atom. The molecule has 0 aromatic rings. The van der Waals surface area contributed by atoms with Gasteiger partial charge in [-0.15, -0.1) is 0 Å². The van der Waals surface area contributed by atoms with Crippen molar-refractivity contribution < 1.29 is 55.5 Å². The first-order valence-corrected chi connectivity index (χ1v) is 5.28. The smallest absolute Gasteiger partial charge is 0.748 e. The molecule has 0 heterocycles. The van der Waals surface area contributed by atoms with Crippen LogP contribution in [0.2, 0.25) is 0 Å². The third kappa shape index (κ3) is 13.8. The molecule has 11 heavy (non-hydrogen) atoms. The van der Waals surface area contributed by atoms with E-state index in [1.165, 1.54) is 0 Å². The zero-order valence-electron chi connectivity index (χ0n) is 5.72. The van der Waals surface area contributed by atoms with E-state index in [9.17, 15) is 21.4 Å². The molecule has 0 saturated carbocycles.